The predicted molar refractivity (Wildman–Crippen MR) is 115 cm³/mol. The van der Waals surface area contributed by atoms with E-state index in [2.05, 4.69) is 38.1 Å². The highest BCUT2D eigenvalue weighted by molar-refractivity contribution is 6.03. The monoisotopic (exact) mass is 447 g/mol. The van der Waals surface area contributed by atoms with Crippen LogP contribution < -0.4 is 0 Å². The second-order valence-electron chi connectivity index (χ2n) is 10.2. The van der Waals surface area contributed by atoms with Gasteiger partial charge >= 0.3 is 0 Å². The van der Waals surface area contributed by atoms with Gasteiger partial charge in [0.1, 0.15) is 24.9 Å². The Kier molecular flexibility index (Phi) is 5.20. The Morgan fingerprint density at radius 3 is 2.34 bits per heavy atom. The van der Waals surface area contributed by atoms with Gasteiger partial charge in [0.25, 0.3) is 0 Å². The molecule has 5 atom stereocenters. The van der Waals surface area contributed by atoms with E-state index < -0.39 is 29.8 Å². The van der Waals surface area contributed by atoms with E-state index in [1.807, 2.05) is 27.7 Å². The molecule has 1 aromatic carbocycles. The Balaban J connectivity index is 1.38. The number of fused-ring (bicyclic) bond motifs is 1. The minimum atomic E-state index is -1.10. The summed E-state index contributed by atoms with van der Waals surface area (Å²) in [6.45, 7) is 14.4. The maximum Gasteiger partial charge on any atom is 0.233 e. The van der Waals surface area contributed by atoms with Crippen molar-refractivity contribution >= 4 is 5.71 Å². The minimum absolute atomic E-state index is 0.230. The average molecular weight is 448 g/mol. The molecular weight excluding hydrogens is 414 g/mol. The van der Waals surface area contributed by atoms with Crippen LogP contribution in [0.25, 0.3) is 0 Å². The number of rotatable bonds is 3. The van der Waals surface area contributed by atoms with Gasteiger partial charge in [-0.05, 0) is 59.6 Å². The van der Waals surface area contributed by atoms with Crippen molar-refractivity contribution in [2.24, 2.45) is 5.16 Å². The second kappa shape index (κ2) is 7.48. The Labute approximate surface area is 189 Å². The van der Waals surface area contributed by atoms with Gasteiger partial charge in [-0.1, -0.05) is 22.9 Å². The summed E-state index contributed by atoms with van der Waals surface area (Å²) in [6, 6.07) is 4.32. The first kappa shape index (κ1) is 22.3. The van der Waals surface area contributed by atoms with Gasteiger partial charge in [-0.3, -0.25) is 0 Å². The number of oxime groups is 1. The average Bonchev–Trinajstić information content (AvgIpc) is 3.33. The van der Waals surface area contributed by atoms with Crippen molar-refractivity contribution in [1.29, 1.82) is 0 Å². The fraction of sp³-hybridized carbons (Fsp3) is 0.708. The molecule has 0 saturated carbocycles. The summed E-state index contributed by atoms with van der Waals surface area (Å²) < 4.78 is 37.0. The fourth-order valence-corrected chi connectivity index (χ4v) is 5.32. The largest absolute Gasteiger partial charge is 0.363 e. The van der Waals surface area contributed by atoms with Gasteiger partial charge in [-0.2, -0.15) is 0 Å². The topological polar surface area (TPSA) is 77.0 Å². The van der Waals surface area contributed by atoms with Gasteiger partial charge in [0.15, 0.2) is 11.6 Å². The van der Waals surface area contributed by atoms with Gasteiger partial charge in [0, 0.05) is 5.56 Å². The summed E-state index contributed by atoms with van der Waals surface area (Å²) in [6.07, 6.45) is -1.33. The van der Waals surface area contributed by atoms with Crippen LogP contribution in [0.15, 0.2) is 17.3 Å². The van der Waals surface area contributed by atoms with E-state index in [4.69, 9.17) is 33.3 Å². The third-order valence-corrected chi connectivity index (χ3v) is 6.39. The fourth-order valence-electron chi connectivity index (χ4n) is 5.32. The van der Waals surface area contributed by atoms with Crippen LogP contribution in [0.2, 0.25) is 0 Å². The Hall–Kier alpha value is -1.55. The normalized spacial score (nSPS) is 37.4. The van der Waals surface area contributed by atoms with Crippen molar-refractivity contribution in [2.45, 2.75) is 96.9 Å². The summed E-state index contributed by atoms with van der Waals surface area (Å²) in [5.41, 5.74) is 5.56. The molecule has 1 aromatic rings. The van der Waals surface area contributed by atoms with E-state index in [9.17, 15) is 0 Å². The summed E-state index contributed by atoms with van der Waals surface area (Å²) in [7, 11) is 0. The molecule has 4 heterocycles. The predicted octanol–water partition coefficient (Wildman–Crippen LogP) is 3.48. The molecule has 0 unspecified atom stereocenters. The van der Waals surface area contributed by atoms with Crippen molar-refractivity contribution in [2.75, 3.05) is 13.2 Å². The summed E-state index contributed by atoms with van der Waals surface area (Å²) in [5.74, 6) is -2.64. The highest BCUT2D eigenvalue weighted by Crippen LogP contribution is 2.46. The molecule has 8 heteroatoms. The van der Waals surface area contributed by atoms with Crippen molar-refractivity contribution in [3.05, 3.63) is 34.4 Å². The number of hydrogen-bond donors (Lipinski definition) is 0. The van der Waals surface area contributed by atoms with E-state index in [-0.39, 0.29) is 18.8 Å². The molecule has 3 saturated heterocycles. The van der Waals surface area contributed by atoms with Gasteiger partial charge in [0.2, 0.25) is 12.1 Å². The van der Waals surface area contributed by atoms with Crippen molar-refractivity contribution in [3.63, 3.8) is 0 Å². The molecule has 1 spiro atoms. The van der Waals surface area contributed by atoms with Crippen LogP contribution in [0.1, 0.15) is 56.4 Å². The first-order valence-electron chi connectivity index (χ1n) is 11.3. The Bertz CT molecular complexity index is 917. The third-order valence-electron chi connectivity index (χ3n) is 6.39. The standard InChI is InChI=1S/C24H33NO7/c1-13-8-14(2)19(15(3)9-13)16-10-18(31-25-16)28-21-20-17(29-23(6,7)30-20)11-26-24(21)12-27-22(4,5)32-24/h8-9,17-18,20-21H,10-12H2,1-7H3/t17-,18-,20-,21-,24+/m1/s1. The molecule has 8 nitrogen and oxygen atoms in total. The molecule has 32 heavy (non-hydrogen) atoms. The summed E-state index contributed by atoms with van der Waals surface area (Å²) >= 11 is 0. The molecule has 0 radical (unpaired) electrons. The lowest BCUT2D eigenvalue weighted by Gasteiger charge is -2.44. The third kappa shape index (κ3) is 3.87. The van der Waals surface area contributed by atoms with E-state index in [1.54, 1.807) is 0 Å². The molecule has 0 N–H and O–H groups in total. The van der Waals surface area contributed by atoms with E-state index >= 15 is 0 Å². The van der Waals surface area contributed by atoms with Gasteiger partial charge < -0.3 is 33.3 Å². The Morgan fingerprint density at radius 2 is 1.69 bits per heavy atom. The molecule has 0 amide bonds. The lowest BCUT2D eigenvalue weighted by Crippen LogP contribution is -2.63. The van der Waals surface area contributed by atoms with Crippen LogP contribution in [0.5, 0.6) is 0 Å². The van der Waals surface area contributed by atoms with Crippen LogP contribution in [-0.2, 0) is 33.3 Å². The molecule has 5 rings (SSSR count). The van der Waals surface area contributed by atoms with Crippen molar-refractivity contribution in [3.8, 4) is 0 Å². The smallest absolute Gasteiger partial charge is 0.233 e. The molecule has 3 fully saturated rings. The zero-order chi connectivity index (χ0) is 22.9. The zero-order valence-electron chi connectivity index (χ0n) is 19.9. The highest BCUT2D eigenvalue weighted by Gasteiger charge is 2.64. The minimum Gasteiger partial charge on any atom is -0.363 e. The molecule has 0 bridgehead atoms. The van der Waals surface area contributed by atoms with Crippen LogP contribution in [0.3, 0.4) is 0 Å². The molecule has 0 aliphatic carbocycles. The van der Waals surface area contributed by atoms with E-state index in [0.29, 0.717) is 13.0 Å². The highest BCUT2D eigenvalue weighted by atomic mass is 16.9. The molecule has 0 aromatic heterocycles. The lowest BCUT2D eigenvalue weighted by atomic mass is 9.94. The lowest BCUT2D eigenvalue weighted by molar-refractivity contribution is -0.353. The number of ether oxygens (including phenoxy) is 6. The van der Waals surface area contributed by atoms with Crippen molar-refractivity contribution in [1.82, 2.24) is 0 Å². The maximum absolute atomic E-state index is 6.47. The first-order valence-corrected chi connectivity index (χ1v) is 11.3. The molecule has 4 aliphatic heterocycles. The van der Waals surface area contributed by atoms with Gasteiger partial charge in [0.05, 0.1) is 18.7 Å². The van der Waals surface area contributed by atoms with Crippen LogP contribution >= 0.6 is 0 Å². The quantitative estimate of drug-likeness (QED) is 0.702. The number of hydrogen-bond acceptors (Lipinski definition) is 8. The van der Waals surface area contributed by atoms with Gasteiger partial charge in [-0.15, -0.1) is 0 Å². The molecule has 4 aliphatic rings. The van der Waals surface area contributed by atoms with Crippen LogP contribution in [0.4, 0.5) is 0 Å². The number of nitrogens with zero attached hydrogens (tertiary/aromatic N) is 1. The number of aryl methyl sites for hydroxylation is 3. The maximum atomic E-state index is 6.47. The molecule has 176 valence electrons. The van der Waals surface area contributed by atoms with Gasteiger partial charge in [-0.25, -0.2) is 0 Å². The Morgan fingerprint density at radius 1 is 0.969 bits per heavy atom. The zero-order valence-corrected chi connectivity index (χ0v) is 19.9. The van der Waals surface area contributed by atoms with E-state index in [0.717, 1.165) is 11.3 Å². The summed E-state index contributed by atoms with van der Waals surface area (Å²) in [4.78, 5) is 5.74. The van der Waals surface area contributed by atoms with Crippen molar-refractivity contribution < 1.29 is 33.3 Å². The second-order valence-corrected chi connectivity index (χ2v) is 10.2. The van der Waals surface area contributed by atoms with E-state index in [1.165, 1.54) is 16.7 Å². The first-order chi connectivity index (χ1) is 15.0. The molecular formula is C24H33NO7. The SMILES string of the molecule is Cc1cc(C)c(C2=NO[C@@H](O[C@@H]3[C@@H]4OC(C)(C)O[C@@H]4CO[C@]34COC(C)(C)O4)C2)c(C)c1. The van der Waals surface area contributed by atoms with Crippen LogP contribution in [0, 0.1) is 20.8 Å². The van der Waals surface area contributed by atoms with Crippen LogP contribution in [-0.4, -0.2) is 60.9 Å². The number of benzene rings is 1. The summed E-state index contributed by atoms with van der Waals surface area (Å²) in [5, 5.41) is 4.37.